The largest absolute Gasteiger partial charge is 0.507 e. The normalized spacial score (nSPS) is 11.8. The molecule has 2 aromatic carbocycles. The number of nitrogens with zero attached hydrogens (tertiary/aromatic N) is 2. The number of phenolic OH excluding ortho intramolecular Hbond substituents is 1. The zero-order valence-electron chi connectivity index (χ0n) is 10.3. The molecule has 0 radical (unpaired) electrons. The lowest BCUT2D eigenvalue weighted by Crippen LogP contribution is -1.80. The lowest BCUT2D eigenvalue weighted by Gasteiger charge is -1.94. The van der Waals surface area contributed by atoms with Crippen LogP contribution >= 0.6 is 0 Å². The van der Waals surface area contributed by atoms with E-state index in [1.807, 2.05) is 48.6 Å². The van der Waals surface area contributed by atoms with Crippen molar-refractivity contribution in [1.29, 1.82) is 0 Å². The molecule has 0 atom stereocenters. The van der Waals surface area contributed by atoms with E-state index in [0.717, 1.165) is 5.56 Å². The molecule has 0 aliphatic rings. The number of benzene rings is 2. The number of aromatic hydroxyl groups is 1. The fourth-order valence-electron chi connectivity index (χ4n) is 1.49. The first-order valence-electron chi connectivity index (χ1n) is 5.92. The summed E-state index contributed by atoms with van der Waals surface area (Å²) in [6.45, 7) is 0. The highest BCUT2D eigenvalue weighted by molar-refractivity contribution is 5.84. The average Bonchev–Trinajstić information content (AvgIpc) is 2.45. The summed E-state index contributed by atoms with van der Waals surface area (Å²) in [6.07, 6.45) is 6.88. The van der Waals surface area contributed by atoms with Gasteiger partial charge in [0.25, 0.3) is 0 Å². The standard InChI is InChI=1S/C16H14N2O/c19-16-11-5-4-10-15(16)13-18-17-12-6-9-14-7-2-1-3-8-14/h1-13,19H/b9-6+,17-12-,18-13+. The van der Waals surface area contributed by atoms with E-state index >= 15 is 0 Å². The minimum absolute atomic E-state index is 0.196. The Morgan fingerprint density at radius 2 is 1.58 bits per heavy atom. The molecule has 2 aromatic rings. The molecule has 0 aliphatic heterocycles. The molecule has 2 rings (SSSR count). The van der Waals surface area contributed by atoms with Crippen LogP contribution in [-0.2, 0) is 0 Å². The minimum atomic E-state index is 0.196. The summed E-state index contributed by atoms with van der Waals surface area (Å²) in [5.41, 5.74) is 1.75. The molecule has 0 saturated carbocycles. The Kier molecular flexibility index (Phi) is 4.64. The van der Waals surface area contributed by atoms with Crippen LogP contribution in [-0.4, -0.2) is 17.5 Å². The lowest BCUT2D eigenvalue weighted by atomic mass is 10.2. The molecular weight excluding hydrogens is 236 g/mol. The predicted octanol–water partition coefficient (Wildman–Crippen LogP) is 3.51. The number of hydrogen-bond donors (Lipinski definition) is 1. The molecule has 0 aliphatic carbocycles. The van der Waals surface area contributed by atoms with Gasteiger partial charge in [-0.15, -0.1) is 0 Å². The van der Waals surface area contributed by atoms with Crippen LogP contribution in [0.2, 0.25) is 0 Å². The summed E-state index contributed by atoms with van der Waals surface area (Å²) in [4.78, 5) is 0. The Bertz CT molecular complexity index is 601. The summed E-state index contributed by atoms with van der Waals surface area (Å²) in [5.74, 6) is 0.196. The van der Waals surface area contributed by atoms with E-state index in [4.69, 9.17) is 0 Å². The van der Waals surface area contributed by atoms with Gasteiger partial charge >= 0.3 is 0 Å². The van der Waals surface area contributed by atoms with E-state index in [0.29, 0.717) is 5.56 Å². The Balaban J connectivity index is 1.91. The maximum Gasteiger partial charge on any atom is 0.124 e. The molecule has 1 N–H and O–H groups in total. The predicted molar refractivity (Wildman–Crippen MR) is 79.7 cm³/mol. The van der Waals surface area contributed by atoms with E-state index < -0.39 is 0 Å². The zero-order valence-corrected chi connectivity index (χ0v) is 10.3. The highest BCUT2D eigenvalue weighted by atomic mass is 16.3. The van der Waals surface area contributed by atoms with Crippen LogP contribution in [0.4, 0.5) is 0 Å². The number of hydrogen-bond acceptors (Lipinski definition) is 3. The maximum atomic E-state index is 9.50. The van der Waals surface area contributed by atoms with Gasteiger partial charge in [0.1, 0.15) is 5.75 Å². The molecule has 0 bridgehead atoms. The highest BCUT2D eigenvalue weighted by Gasteiger charge is 1.93. The monoisotopic (exact) mass is 250 g/mol. The summed E-state index contributed by atoms with van der Waals surface area (Å²) < 4.78 is 0. The number of rotatable bonds is 4. The lowest BCUT2D eigenvalue weighted by molar-refractivity contribution is 0.474. The molecule has 3 nitrogen and oxygen atoms in total. The molecule has 0 unspecified atom stereocenters. The van der Waals surface area contributed by atoms with Crippen LogP contribution in [0.15, 0.2) is 70.9 Å². The van der Waals surface area contributed by atoms with Crippen molar-refractivity contribution in [2.45, 2.75) is 0 Å². The summed E-state index contributed by atoms with van der Waals surface area (Å²) in [6, 6.07) is 16.9. The van der Waals surface area contributed by atoms with Crippen molar-refractivity contribution in [1.82, 2.24) is 0 Å². The third-order valence-corrected chi connectivity index (χ3v) is 2.44. The molecule has 94 valence electrons. The van der Waals surface area contributed by atoms with Crippen LogP contribution in [0.1, 0.15) is 11.1 Å². The quantitative estimate of drug-likeness (QED) is 0.655. The average molecular weight is 250 g/mol. The van der Waals surface area contributed by atoms with E-state index in [9.17, 15) is 5.11 Å². The second-order valence-electron chi connectivity index (χ2n) is 3.84. The smallest absolute Gasteiger partial charge is 0.124 e. The van der Waals surface area contributed by atoms with E-state index in [2.05, 4.69) is 10.2 Å². The summed E-state index contributed by atoms with van der Waals surface area (Å²) in [5, 5.41) is 17.2. The van der Waals surface area contributed by atoms with Crippen molar-refractivity contribution < 1.29 is 5.11 Å². The second kappa shape index (κ2) is 6.91. The van der Waals surface area contributed by atoms with E-state index in [1.54, 1.807) is 24.4 Å². The first kappa shape index (κ1) is 12.8. The Labute approximate surface area is 112 Å². The molecule has 0 fully saturated rings. The topological polar surface area (TPSA) is 45.0 Å². The highest BCUT2D eigenvalue weighted by Crippen LogP contribution is 2.12. The van der Waals surface area contributed by atoms with E-state index in [1.165, 1.54) is 6.21 Å². The first-order chi connectivity index (χ1) is 9.36. The van der Waals surface area contributed by atoms with Crippen LogP contribution in [0.3, 0.4) is 0 Å². The van der Waals surface area contributed by atoms with Gasteiger partial charge in [0, 0.05) is 11.8 Å². The van der Waals surface area contributed by atoms with Crippen molar-refractivity contribution >= 4 is 18.5 Å². The first-order valence-corrected chi connectivity index (χ1v) is 5.92. The van der Waals surface area contributed by atoms with Gasteiger partial charge in [0.05, 0.1) is 6.21 Å². The SMILES string of the molecule is Oc1ccccc1/C=N/N=C\C=C\c1ccccc1. The molecule has 0 spiro atoms. The Hall–Kier alpha value is -2.68. The number of para-hydroxylation sites is 1. The van der Waals surface area contributed by atoms with Crippen molar-refractivity contribution in [3.8, 4) is 5.75 Å². The number of allylic oxidation sites excluding steroid dienone is 1. The van der Waals surface area contributed by atoms with E-state index in [-0.39, 0.29) is 5.75 Å². The third kappa shape index (κ3) is 4.24. The molecule has 0 saturated heterocycles. The van der Waals surface area contributed by atoms with Gasteiger partial charge in [-0.2, -0.15) is 10.2 Å². The molecule has 0 aromatic heterocycles. The van der Waals surface area contributed by atoms with Crippen molar-refractivity contribution in [3.05, 3.63) is 71.8 Å². The van der Waals surface area contributed by atoms with Gasteiger partial charge in [0.15, 0.2) is 0 Å². The molecule has 0 amide bonds. The fourth-order valence-corrected chi connectivity index (χ4v) is 1.49. The van der Waals surface area contributed by atoms with Crippen LogP contribution < -0.4 is 0 Å². The van der Waals surface area contributed by atoms with Gasteiger partial charge in [-0.25, -0.2) is 0 Å². The number of phenols is 1. The van der Waals surface area contributed by atoms with Gasteiger partial charge < -0.3 is 5.11 Å². The molecule has 19 heavy (non-hydrogen) atoms. The minimum Gasteiger partial charge on any atom is -0.507 e. The molecular formula is C16H14N2O. The van der Waals surface area contributed by atoms with Crippen LogP contribution in [0, 0.1) is 0 Å². The fraction of sp³-hybridized carbons (Fsp3) is 0. The van der Waals surface area contributed by atoms with Gasteiger partial charge in [-0.3, -0.25) is 0 Å². The van der Waals surface area contributed by atoms with Crippen molar-refractivity contribution in [2.24, 2.45) is 10.2 Å². The Morgan fingerprint density at radius 1 is 0.842 bits per heavy atom. The van der Waals surface area contributed by atoms with Crippen molar-refractivity contribution in [3.63, 3.8) is 0 Å². The van der Waals surface area contributed by atoms with Crippen LogP contribution in [0.25, 0.3) is 6.08 Å². The van der Waals surface area contributed by atoms with Gasteiger partial charge in [0.2, 0.25) is 0 Å². The molecule has 0 heterocycles. The third-order valence-electron chi connectivity index (χ3n) is 2.44. The zero-order chi connectivity index (χ0) is 13.3. The van der Waals surface area contributed by atoms with Crippen molar-refractivity contribution in [2.75, 3.05) is 0 Å². The van der Waals surface area contributed by atoms with Gasteiger partial charge in [-0.1, -0.05) is 48.5 Å². The molecule has 3 heteroatoms. The summed E-state index contributed by atoms with van der Waals surface area (Å²) in [7, 11) is 0. The Morgan fingerprint density at radius 3 is 2.37 bits per heavy atom. The maximum absolute atomic E-state index is 9.50. The summed E-state index contributed by atoms with van der Waals surface area (Å²) >= 11 is 0. The van der Waals surface area contributed by atoms with Gasteiger partial charge in [-0.05, 0) is 23.8 Å². The second-order valence-corrected chi connectivity index (χ2v) is 3.84. The van der Waals surface area contributed by atoms with Crippen LogP contribution in [0.5, 0.6) is 5.75 Å².